The molecule has 1 aromatic heterocycles. The first-order valence-electron chi connectivity index (χ1n) is 8.92. The normalized spacial score (nSPS) is 11.6. The largest absolute Gasteiger partial charge is 0.458 e. The fourth-order valence-corrected chi connectivity index (χ4v) is 4.64. The van der Waals surface area contributed by atoms with Crippen LogP contribution in [0.2, 0.25) is 0 Å². The van der Waals surface area contributed by atoms with Crippen molar-refractivity contribution in [3.8, 4) is 0 Å². The molecule has 0 fully saturated rings. The predicted octanol–water partition coefficient (Wildman–Crippen LogP) is 3.72. The second-order valence-corrected chi connectivity index (χ2v) is 9.37. The number of carbonyl (C=O) groups excluding carboxylic acids is 1. The average molecular weight is 419 g/mol. The van der Waals surface area contributed by atoms with Crippen molar-refractivity contribution < 1.29 is 17.9 Å². The van der Waals surface area contributed by atoms with Crippen molar-refractivity contribution in [2.75, 3.05) is 6.54 Å². The second-order valence-electron chi connectivity index (χ2n) is 6.48. The van der Waals surface area contributed by atoms with E-state index in [2.05, 4.69) is 9.71 Å². The predicted molar refractivity (Wildman–Crippen MR) is 110 cm³/mol. The fourth-order valence-electron chi connectivity index (χ4n) is 2.60. The summed E-state index contributed by atoms with van der Waals surface area (Å²) in [6, 6.07) is 12.7. The van der Waals surface area contributed by atoms with Crippen molar-refractivity contribution >= 4 is 37.5 Å². The van der Waals surface area contributed by atoms with Crippen LogP contribution in [0.1, 0.15) is 29.0 Å². The van der Waals surface area contributed by atoms with Crippen molar-refractivity contribution in [2.24, 2.45) is 0 Å². The summed E-state index contributed by atoms with van der Waals surface area (Å²) < 4.78 is 33.4. The van der Waals surface area contributed by atoms with Crippen molar-refractivity contribution in [3.05, 3.63) is 58.6 Å². The first kappa shape index (κ1) is 20.4. The summed E-state index contributed by atoms with van der Waals surface area (Å²) in [4.78, 5) is 16.5. The number of carbonyl (C=O) groups is 1. The molecule has 3 aromatic rings. The van der Waals surface area contributed by atoms with Crippen LogP contribution in [0, 0.1) is 13.8 Å². The highest BCUT2D eigenvalue weighted by Gasteiger charge is 2.14. The molecule has 0 spiro atoms. The Labute approximate surface area is 168 Å². The third kappa shape index (κ3) is 5.15. The van der Waals surface area contributed by atoms with Gasteiger partial charge in [0.15, 0.2) is 0 Å². The number of rotatable bonds is 8. The van der Waals surface area contributed by atoms with Crippen LogP contribution in [0.5, 0.6) is 0 Å². The first-order chi connectivity index (χ1) is 13.3. The zero-order chi connectivity index (χ0) is 20.1. The maximum Gasteiger partial charge on any atom is 0.306 e. The Balaban J connectivity index is 1.42. The standard InChI is InChI=1S/C20H22N2O4S2/c1-14-9-10-16(12-15(14)2)28(24,25)21-11-5-8-20(23)26-13-19-22-17-6-3-4-7-18(17)27-19/h3-4,6-7,9-10,12,21H,5,8,11,13H2,1-2H3. The van der Waals surface area contributed by atoms with Crippen LogP contribution in [0.4, 0.5) is 0 Å². The van der Waals surface area contributed by atoms with Gasteiger partial charge in [0.1, 0.15) is 11.6 Å². The number of nitrogens with zero attached hydrogens (tertiary/aromatic N) is 1. The molecular weight excluding hydrogens is 396 g/mol. The lowest BCUT2D eigenvalue weighted by atomic mass is 10.1. The van der Waals surface area contributed by atoms with Crippen LogP contribution in [-0.4, -0.2) is 25.9 Å². The van der Waals surface area contributed by atoms with Crippen LogP contribution >= 0.6 is 11.3 Å². The van der Waals surface area contributed by atoms with Crippen LogP contribution in [0.25, 0.3) is 10.2 Å². The molecule has 0 saturated heterocycles. The SMILES string of the molecule is Cc1ccc(S(=O)(=O)NCCCC(=O)OCc2nc3ccccc3s2)cc1C. The van der Waals surface area contributed by atoms with Crippen molar-refractivity contribution in [2.45, 2.75) is 38.2 Å². The number of sulfonamides is 1. The minimum Gasteiger partial charge on any atom is -0.458 e. The van der Waals surface area contributed by atoms with E-state index >= 15 is 0 Å². The number of fused-ring (bicyclic) bond motifs is 1. The molecule has 0 saturated carbocycles. The number of hydrogen-bond acceptors (Lipinski definition) is 6. The van der Waals surface area contributed by atoms with E-state index in [4.69, 9.17) is 4.74 Å². The van der Waals surface area contributed by atoms with Gasteiger partial charge in [0.25, 0.3) is 0 Å². The molecule has 0 aliphatic heterocycles. The van der Waals surface area contributed by atoms with E-state index < -0.39 is 10.0 Å². The maximum atomic E-state index is 12.3. The Morgan fingerprint density at radius 2 is 1.93 bits per heavy atom. The molecule has 28 heavy (non-hydrogen) atoms. The number of para-hydroxylation sites is 1. The highest BCUT2D eigenvalue weighted by Crippen LogP contribution is 2.22. The molecular formula is C20H22N2O4S2. The van der Waals surface area contributed by atoms with Crippen molar-refractivity contribution in [1.29, 1.82) is 0 Å². The third-order valence-corrected chi connectivity index (χ3v) is 6.80. The van der Waals surface area contributed by atoms with Gasteiger partial charge in [-0.2, -0.15) is 0 Å². The van der Waals surface area contributed by atoms with Gasteiger partial charge in [-0.25, -0.2) is 18.1 Å². The summed E-state index contributed by atoms with van der Waals surface area (Å²) in [5.74, 6) is -0.371. The number of esters is 1. The van der Waals surface area contributed by atoms with Gasteiger partial charge in [-0.15, -0.1) is 11.3 Å². The van der Waals surface area contributed by atoms with Crippen LogP contribution in [0.3, 0.4) is 0 Å². The summed E-state index contributed by atoms with van der Waals surface area (Å²) in [7, 11) is -3.58. The first-order valence-corrected chi connectivity index (χ1v) is 11.2. The van der Waals surface area contributed by atoms with Gasteiger partial charge in [-0.3, -0.25) is 4.79 Å². The van der Waals surface area contributed by atoms with Gasteiger partial charge < -0.3 is 4.74 Å². The number of nitrogens with one attached hydrogen (secondary N) is 1. The van der Waals surface area contributed by atoms with Gasteiger partial charge in [-0.1, -0.05) is 18.2 Å². The number of aryl methyl sites for hydroxylation is 2. The van der Waals surface area contributed by atoms with Crippen LogP contribution < -0.4 is 4.72 Å². The Bertz CT molecular complexity index is 1060. The number of benzene rings is 2. The summed E-state index contributed by atoms with van der Waals surface area (Å²) >= 11 is 1.49. The molecule has 0 unspecified atom stereocenters. The molecule has 2 aromatic carbocycles. The van der Waals surface area contributed by atoms with Crippen molar-refractivity contribution in [1.82, 2.24) is 9.71 Å². The number of thiazole rings is 1. The number of hydrogen-bond donors (Lipinski definition) is 1. The molecule has 3 rings (SSSR count). The monoisotopic (exact) mass is 418 g/mol. The molecule has 148 valence electrons. The number of ether oxygens (including phenoxy) is 1. The Morgan fingerprint density at radius 3 is 2.68 bits per heavy atom. The minimum atomic E-state index is -3.58. The third-order valence-electron chi connectivity index (χ3n) is 4.33. The van der Waals surface area contributed by atoms with Gasteiger partial charge in [0.05, 0.1) is 15.1 Å². The Hall–Kier alpha value is -2.29. The quantitative estimate of drug-likeness (QED) is 0.445. The average Bonchev–Trinajstić information content (AvgIpc) is 3.08. The zero-order valence-electron chi connectivity index (χ0n) is 15.8. The highest BCUT2D eigenvalue weighted by molar-refractivity contribution is 7.89. The minimum absolute atomic E-state index is 0.131. The molecule has 8 heteroatoms. The zero-order valence-corrected chi connectivity index (χ0v) is 17.4. The summed E-state index contributed by atoms with van der Waals surface area (Å²) in [6.07, 6.45) is 0.503. The number of aromatic nitrogens is 1. The van der Waals surface area contributed by atoms with Crippen molar-refractivity contribution in [3.63, 3.8) is 0 Å². The lowest BCUT2D eigenvalue weighted by Gasteiger charge is -2.08. The van der Waals surface area contributed by atoms with Gasteiger partial charge >= 0.3 is 5.97 Å². The Kier molecular flexibility index (Phi) is 6.43. The summed E-state index contributed by atoms with van der Waals surface area (Å²) in [5, 5.41) is 0.741. The molecule has 0 atom stereocenters. The van der Waals surface area contributed by atoms with Gasteiger partial charge in [0, 0.05) is 13.0 Å². The van der Waals surface area contributed by atoms with Gasteiger partial charge in [0.2, 0.25) is 10.0 Å². The topological polar surface area (TPSA) is 85.4 Å². The fraction of sp³-hybridized carbons (Fsp3) is 0.300. The van der Waals surface area contributed by atoms with E-state index in [1.807, 2.05) is 38.1 Å². The molecule has 1 heterocycles. The highest BCUT2D eigenvalue weighted by atomic mass is 32.2. The second kappa shape index (κ2) is 8.81. The lowest BCUT2D eigenvalue weighted by Crippen LogP contribution is -2.25. The molecule has 6 nitrogen and oxygen atoms in total. The van der Waals surface area contributed by atoms with Gasteiger partial charge in [-0.05, 0) is 55.7 Å². The van der Waals surface area contributed by atoms with E-state index in [0.29, 0.717) is 6.42 Å². The van der Waals surface area contributed by atoms with E-state index in [9.17, 15) is 13.2 Å². The molecule has 0 amide bonds. The smallest absolute Gasteiger partial charge is 0.306 e. The van der Waals surface area contributed by atoms with E-state index in [-0.39, 0.29) is 30.4 Å². The molecule has 0 aliphatic carbocycles. The lowest BCUT2D eigenvalue weighted by molar-refractivity contribution is -0.145. The maximum absolute atomic E-state index is 12.3. The molecule has 1 N–H and O–H groups in total. The van der Waals surface area contributed by atoms with Crippen LogP contribution in [-0.2, 0) is 26.2 Å². The molecule has 0 aliphatic rings. The van der Waals surface area contributed by atoms with E-state index in [0.717, 1.165) is 26.4 Å². The molecule has 0 bridgehead atoms. The summed E-state index contributed by atoms with van der Waals surface area (Å²) in [5.41, 5.74) is 2.84. The Morgan fingerprint density at radius 1 is 1.14 bits per heavy atom. The van der Waals surface area contributed by atoms with E-state index in [1.165, 1.54) is 11.3 Å². The molecule has 0 radical (unpaired) electrons. The van der Waals surface area contributed by atoms with Crippen LogP contribution in [0.15, 0.2) is 47.4 Å². The van der Waals surface area contributed by atoms with E-state index in [1.54, 1.807) is 18.2 Å². The summed E-state index contributed by atoms with van der Waals surface area (Å²) in [6.45, 7) is 4.10.